The first-order chi connectivity index (χ1) is 11.7. The molecule has 0 spiro atoms. The topological polar surface area (TPSA) is 78.1 Å². The normalized spacial score (nSPS) is 20.4. The third kappa shape index (κ3) is 2.41. The number of hydrogen-bond donors (Lipinski definition) is 0. The highest BCUT2D eigenvalue weighted by Crippen LogP contribution is 2.30. The predicted octanol–water partition coefficient (Wildman–Crippen LogP) is 0.620. The van der Waals surface area contributed by atoms with Crippen LogP contribution < -0.4 is 0 Å². The monoisotopic (exact) mass is 330 g/mol. The first kappa shape index (κ1) is 15.3. The summed E-state index contributed by atoms with van der Waals surface area (Å²) in [5.74, 6) is 0.976. The van der Waals surface area contributed by atoms with Gasteiger partial charge in [0.15, 0.2) is 5.82 Å². The highest BCUT2D eigenvalue weighted by atomic mass is 16.5. The summed E-state index contributed by atoms with van der Waals surface area (Å²) in [6.07, 6.45) is 3.36. The average molecular weight is 330 g/mol. The lowest BCUT2D eigenvalue weighted by molar-refractivity contribution is -0.136. The van der Waals surface area contributed by atoms with Gasteiger partial charge < -0.3 is 14.2 Å². The number of carbonyl (C=O) groups is 1. The maximum absolute atomic E-state index is 12.7. The maximum Gasteiger partial charge on any atom is 0.228 e. The molecule has 1 fully saturated rings. The lowest BCUT2D eigenvalue weighted by atomic mass is 10.0. The summed E-state index contributed by atoms with van der Waals surface area (Å²) in [7, 11) is 1.96. The van der Waals surface area contributed by atoms with Gasteiger partial charge in [0.25, 0.3) is 0 Å². The molecule has 1 unspecified atom stereocenters. The second-order valence-corrected chi connectivity index (χ2v) is 6.41. The highest BCUT2D eigenvalue weighted by molar-refractivity contribution is 5.80. The molecule has 0 bridgehead atoms. The van der Waals surface area contributed by atoms with Crippen molar-refractivity contribution >= 4 is 5.91 Å². The minimum absolute atomic E-state index is 0.00552. The summed E-state index contributed by atoms with van der Waals surface area (Å²) in [4.78, 5) is 14.7. The molecule has 2 aliphatic rings. The van der Waals surface area contributed by atoms with E-state index in [-0.39, 0.29) is 11.8 Å². The molecule has 2 aromatic rings. The number of hydrogen-bond acceptors (Lipinski definition) is 5. The number of carbonyl (C=O) groups excluding carboxylic acids is 1. The zero-order valence-electron chi connectivity index (χ0n) is 14.1. The number of amides is 1. The SMILES string of the molecule is CCn1cnnc1-c1nn(C)c2c1CN(C(=O)C1CCOC1)CC2. The van der Waals surface area contributed by atoms with Gasteiger partial charge in [-0.1, -0.05) is 0 Å². The summed E-state index contributed by atoms with van der Waals surface area (Å²) in [6, 6.07) is 0. The Hall–Kier alpha value is -2.22. The van der Waals surface area contributed by atoms with Crippen molar-refractivity contribution in [2.24, 2.45) is 13.0 Å². The third-order valence-corrected chi connectivity index (χ3v) is 5.00. The van der Waals surface area contributed by atoms with Crippen molar-refractivity contribution < 1.29 is 9.53 Å². The maximum atomic E-state index is 12.7. The Labute approximate surface area is 140 Å². The Morgan fingerprint density at radius 3 is 3.08 bits per heavy atom. The lowest BCUT2D eigenvalue weighted by Crippen LogP contribution is -2.40. The van der Waals surface area contributed by atoms with E-state index in [1.165, 1.54) is 5.69 Å². The fourth-order valence-electron chi connectivity index (χ4n) is 3.62. The van der Waals surface area contributed by atoms with Crippen LogP contribution in [0.3, 0.4) is 0 Å². The van der Waals surface area contributed by atoms with Gasteiger partial charge in [-0.2, -0.15) is 5.10 Å². The Morgan fingerprint density at radius 2 is 2.33 bits per heavy atom. The number of ether oxygens (including phenoxy) is 1. The third-order valence-electron chi connectivity index (χ3n) is 5.00. The van der Waals surface area contributed by atoms with Crippen LogP contribution >= 0.6 is 0 Å². The van der Waals surface area contributed by atoms with Gasteiger partial charge in [0.2, 0.25) is 5.91 Å². The molecule has 0 saturated carbocycles. The molecule has 1 saturated heterocycles. The van der Waals surface area contributed by atoms with Crippen LogP contribution in [-0.4, -0.2) is 55.1 Å². The minimum Gasteiger partial charge on any atom is -0.381 e. The van der Waals surface area contributed by atoms with E-state index in [1.54, 1.807) is 6.33 Å². The Bertz CT molecular complexity index is 759. The molecule has 2 aliphatic heterocycles. The van der Waals surface area contributed by atoms with E-state index in [0.29, 0.717) is 19.8 Å². The van der Waals surface area contributed by atoms with Gasteiger partial charge in [-0.15, -0.1) is 10.2 Å². The van der Waals surface area contributed by atoms with Crippen LogP contribution in [0.25, 0.3) is 11.5 Å². The van der Waals surface area contributed by atoms with E-state index < -0.39 is 0 Å². The smallest absolute Gasteiger partial charge is 0.228 e. The van der Waals surface area contributed by atoms with Crippen molar-refractivity contribution in [1.29, 1.82) is 0 Å². The van der Waals surface area contributed by atoms with Gasteiger partial charge in [-0.3, -0.25) is 9.48 Å². The van der Waals surface area contributed by atoms with E-state index >= 15 is 0 Å². The number of nitrogens with zero attached hydrogens (tertiary/aromatic N) is 6. The molecule has 8 heteroatoms. The lowest BCUT2D eigenvalue weighted by Gasteiger charge is -2.29. The summed E-state index contributed by atoms with van der Waals surface area (Å²) in [5.41, 5.74) is 3.12. The summed E-state index contributed by atoms with van der Waals surface area (Å²) < 4.78 is 9.27. The van der Waals surface area contributed by atoms with Gasteiger partial charge in [-0.25, -0.2) is 0 Å². The van der Waals surface area contributed by atoms with Crippen molar-refractivity contribution in [3.8, 4) is 11.5 Å². The van der Waals surface area contributed by atoms with Crippen LogP contribution in [0.15, 0.2) is 6.33 Å². The average Bonchev–Trinajstić information content (AvgIpc) is 3.33. The largest absolute Gasteiger partial charge is 0.381 e. The number of aryl methyl sites for hydroxylation is 2. The highest BCUT2D eigenvalue weighted by Gasteiger charge is 2.33. The summed E-state index contributed by atoms with van der Waals surface area (Å²) in [6.45, 7) is 5.40. The van der Waals surface area contributed by atoms with E-state index in [9.17, 15) is 4.79 Å². The zero-order chi connectivity index (χ0) is 16.7. The van der Waals surface area contributed by atoms with E-state index in [0.717, 1.165) is 43.0 Å². The predicted molar refractivity (Wildman–Crippen MR) is 85.9 cm³/mol. The molecule has 1 atom stereocenters. The molecule has 0 N–H and O–H groups in total. The minimum atomic E-state index is 0.00552. The molecule has 128 valence electrons. The fourth-order valence-corrected chi connectivity index (χ4v) is 3.62. The molecule has 0 aromatic carbocycles. The second-order valence-electron chi connectivity index (χ2n) is 6.41. The van der Waals surface area contributed by atoms with Crippen molar-refractivity contribution in [3.63, 3.8) is 0 Å². The van der Waals surface area contributed by atoms with Crippen LogP contribution in [0.5, 0.6) is 0 Å². The standard InChI is InChI=1S/C16H22N6O2/c1-3-21-10-17-18-15(21)14-12-8-22(6-4-13(12)20(2)19-14)16(23)11-5-7-24-9-11/h10-11H,3-9H2,1-2H3. The van der Waals surface area contributed by atoms with Crippen LogP contribution in [0, 0.1) is 5.92 Å². The van der Waals surface area contributed by atoms with E-state index in [4.69, 9.17) is 4.74 Å². The van der Waals surface area contributed by atoms with E-state index in [1.807, 2.05) is 21.2 Å². The molecular formula is C16H22N6O2. The molecule has 4 rings (SSSR count). The number of rotatable bonds is 3. The number of aromatic nitrogens is 5. The summed E-state index contributed by atoms with van der Waals surface area (Å²) in [5, 5.41) is 12.9. The van der Waals surface area contributed by atoms with Gasteiger partial charge in [0, 0.05) is 51.0 Å². The van der Waals surface area contributed by atoms with Gasteiger partial charge in [0.05, 0.1) is 12.5 Å². The van der Waals surface area contributed by atoms with Crippen LogP contribution in [0.4, 0.5) is 0 Å². The Morgan fingerprint density at radius 1 is 1.46 bits per heavy atom. The first-order valence-electron chi connectivity index (χ1n) is 8.48. The molecule has 0 radical (unpaired) electrons. The molecule has 2 aromatic heterocycles. The van der Waals surface area contributed by atoms with Crippen molar-refractivity contribution in [2.75, 3.05) is 19.8 Å². The van der Waals surface area contributed by atoms with Crippen molar-refractivity contribution in [1.82, 2.24) is 29.4 Å². The van der Waals surface area contributed by atoms with Gasteiger partial charge in [0.1, 0.15) is 12.0 Å². The Kier molecular flexibility index (Phi) is 3.84. The van der Waals surface area contributed by atoms with Crippen LogP contribution in [-0.2, 0) is 36.1 Å². The molecule has 4 heterocycles. The van der Waals surface area contributed by atoms with E-state index in [2.05, 4.69) is 22.2 Å². The molecular weight excluding hydrogens is 308 g/mol. The van der Waals surface area contributed by atoms with Crippen molar-refractivity contribution in [3.05, 3.63) is 17.6 Å². The van der Waals surface area contributed by atoms with Crippen molar-refractivity contribution in [2.45, 2.75) is 32.9 Å². The second kappa shape index (κ2) is 6.01. The van der Waals surface area contributed by atoms with Gasteiger partial charge in [-0.05, 0) is 13.3 Å². The van der Waals surface area contributed by atoms with Gasteiger partial charge >= 0.3 is 0 Å². The fraction of sp³-hybridized carbons (Fsp3) is 0.625. The molecule has 0 aliphatic carbocycles. The van der Waals surface area contributed by atoms with Crippen LogP contribution in [0.2, 0.25) is 0 Å². The molecule has 1 amide bonds. The molecule has 8 nitrogen and oxygen atoms in total. The Balaban J connectivity index is 1.66. The number of fused-ring (bicyclic) bond motifs is 1. The molecule has 24 heavy (non-hydrogen) atoms. The first-order valence-corrected chi connectivity index (χ1v) is 8.48. The quantitative estimate of drug-likeness (QED) is 0.824. The zero-order valence-corrected chi connectivity index (χ0v) is 14.1. The summed E-state index contributed by atoms with van der Waals surface area (Å²) >= 11 is 0. The van der Waals surface area contributed by atoms with Crippen LogP contribution in [0.1, 0.15) is 24.6 Å².